The molecule has 2 fully saturated rings. The Kier molecular flexibility index (Phi) is 3.53. The summed E-state index contributed by atoms with van der Waals surface area (Å²) in [6, 6.07) is 6.18. The number of esters is 1. The Hall–Kier alpha value is -1.35. The fraction of sp³-hybridized carbons (Fsp3) is 0.650. The minimum absolute atomic E-state index is 0.110. The van der Waals surface area contributed by atoms with E-state index in [1.165, 1.54) is 37.3 Å². The summed E-state index contributed by atoms with van der Waals surface area (Å²) in [7, 11) is 0. The SMILES string of the molecule is CC(=O)Oc1ccc2c(c1)CCC1[C@H]3CC[C@@H](O)[C@]3(C)CC[C@@H]21. The number of aliphatic hydroxyl groups excluding tert-OH is 1. The molecule has 5 atom stereocenters. The van der Waals surface area contributed by atoms with Crippen LogP contribution in [-0.2, 0) is 11.2 Å². The smallest absolute Gasteiger partial charge is 0.308 e. The van der Waals surface area contributed by atoms with Crippen molar-refractivity contribution in [3.63, 3.8) is 0 Å². The van der Waals surface area contributed by atoms with Crippen LogP contribution in [-0.4, -0.2) is 17.2 Å². The number of carbonyl (C=O) groups excluding carboxylic acids is 1. The van der Waals surface area contributed by atoms with Crippen molar-refractivity contribution >= 4 is 5.97 Å². The average molecular weight is 314 g/mol. The number of aryl methyl sites for hydroxylation is 1. The van der Waals surface area contributed by atoms with E-state index in [2.05, 4.69) is 19.1 Å². The number of rotatable bonds is 1. The summed E-state index contributed by atoms with van der Waals surface area (Å²) in [5, 5.41) is 10.4. The molecule has 124 valence electrons. The number of ether oxygens (including phenoxy) is 1. The zero-order valence-corrected chi connectivity index (χ0v) is 14.0. The molecule has 1 N–H and O–H groups in total. The van der Waals surface area contributed by atoms with E-state index in [4.69, 9.17) is 4.74 Å². The summed E-state index contributed by atoms with van der Waals surface area (Å²) in [5.41, 5.74) is 2.95. The number of hydrogen-bond donors (Lipinski definition) is 1. The van der Waals surface area contributed by atoms with Gasteiger partial charge in [0.25, 0.3) is 0 Å². The molecule has 3 nitrogen and oxygen atoms in total. The molecule has 0 spiro atoms. The molecule has 23 heavy (non-hydrogen) atoms. The number of benzene rings is 1. The van der Waals surface area contributed by atoms with Crippen molar-refractivity contribution in [2.24, 2.45) is 17.3 Å². The molecule has 3 heteroatoms. The Morgan fingerprint density at radius 1 is 1.26 bits per heavy atom. The second kappa shape index (κ2) is 5.34. The molecule has 4 rings (SSSR count). The first-order valence-electron chi connectivity index (χ1n) is 8.98. The van der Waals surface area contributed by atoms with Gasteiger partial charge in [0, 0.05) is 6.92 Å². The van der Waals surface area contributed by atoms with E-state index in [-0.39, 0.29) is 17.5 Å². The molecule has 0 saturated heterocycles. The lowest BCUT2D eigenvalue weighted by molar-refractivity contribution is -0.131. The van der Waals surface area contributed by atoms with Gasteiger partial charge in [0.1, 0.15) is 5.75 Å². The maximum absolute atomic E-state index is 11.2. The Bertz CT molecular complexity index is 638. The summed E-state index contributed by atoms with van der Waals surface area (Å²) < 4.78 is 5.24. The first-order valence-corrected chi connectivity index (χ1v) is 8.98. The average Bonchev–Trinajstić information content (AvgIpc) is 2.82. The lowest BCUT2D eigenvalue weighted by Gasteiger charge is -2.50. The molecular formula is C20H26O3. The van der Waals surface area contributed by atoms with Crippen molar-refractivity contribution in [2.75, 3.05) is 0 Å². The van der Waals surface area contributed by atoms with Gasteiger partial charge in [-0.25, -0.2) is 0 Å². The van der Waals surface area contributed by atoms with Crippen LogP contribution in [0.1, 0.15) is 63.0 Å². The van der Waals surface area contributed by atoms with Crippen molar-refractivity contribution < 1.29 is 14.6 Å². The normalized spacial score (nSPS) is 38.4. The third-order valence-corrected chi connectivity index (χ3v) is 6.91. The Balaban J connectivity index is 1.63. The molecule has 0 radical (unpaired) electrons. The van der Waals surface area contributed by atoms with Crippen LogP contribution in [0.3, 0.4) is 0 Å². The fourth-order valence-electron chi connectivity index (χ4n) is 5.76. The number of carbonyl (C=O) groups is 1. The molecule has 1 aromatic carbocycles. The van der Waals surface area contributed by atoms with Crippen molar-refractivity contribution in [3.8, 4) is 5.75 Å². The van der Waals surface area contributed by atoms with Gasteiger partial charge in [-0.1, -0.05) is 13.0 Å². The van der Waals surface area contributed by atoms with Crippen molar-refractivity contribution in [1.29, 1.82) is 0 Å². The van der Waals surface area contributed by atoms with Gasteiger partial charge in [0.2, 0.25) is 0 Å². The fourth-order valence-corrected chi connectivity index (χ4v) is 5.76. The maximum Gasteiger partial charge on any atom is 0.308 e. The van der Waals surface area contributed by atoms with Gasteiger partial charge in [-0.15, -0.1) is 0 Å². The molecule has 3 aliphatic carbocycles. The molecule has 0 aromatic heterocycles. The third kappa shape index (κ3) is 2.32. The number of aliphatic hydroxyl groups is 1. The molecule has 0 aliphatic heterocycles. The first kappa shape index (κ1) is 15.2. The summed E-state index contributed by atoms with van der Waals surface area (Å²) in [5.74, 6) is 2.41. The lowest BCUT2D eigenvalue weighted by Crippen LogP contribution is -2.43. The topological polar surface area (TPSA) is 46.5 Å². The summed E-state index contributed by atoms with van der Waals surface area (Å²) in [4.78, 5) is 11.2. The standard InChI is InChI=1S/C20H26O3/c1-12(21)23-14-4-6-15-13(11-14)3-5-17-16(15)9-10-20(2)18(17)7-8-19(20)22/h4,6,11,16-19,22H,3,5,7-10H2,1-2H3/t16-,17?,18+,19+,20+/m0/s1. The highest BCUT2D eigenvalue weighted by molar-refractivity contribution is 5.69. The van der Waals surface area contributed by atoms with Gasteiger partial charge >= 0.3 is 5.97 Å². The van der Waals surface area contributed by atoms with Gasteiger partial charge in [0.15, 0.2) is 0 Å². The van der Waals surface area contributed by atoms with Gasteiger partial charge in [-0.05, 0) is 85.0 Å². The third-order valence-electron chi connectivity index (χ3n) is 6.91. The van der Waals surface area contributed by atoms with Crippen LogP contribution in [0.25, 0.3) is 0 Å². The van der Waals surface area contributed by atoms with Gasteiger partial charge < -0.3 is 9.84 Å². The van der Waals surface area contributed by atoms with Crippen LogP contribution in [0, 0.1) is 17.3 Å². The van der Waals surface area contributed by atoms with Gasteiger partial charge in [-0.2, -0.15) is 0 Å². The number of hydrogen-bond acceptors (Lipinski definition) is 3. The Morgan fingerprint density at radius 2 is 2.09 bits per heavy atom. The van der Waals surface area contributed by atoms with E-state index >= 15 is 0 Å². The van der Waals surface area contributed by atoms with E-state index in [0.717, 1.165) is 19.3 Å². The van der Waals surface area contributed by atoms with Crippen LogP contribution >= 0.6 is 0 Å². The van der Waals surface area contributed by atoms with Crippen LogP contribution in [0.15, 0.2) is 18.2 Å². The zero-order chi connectivity index (χ0) is 16.2. The summed E-state index contributed by atoms with van der Waals surface area (Å²) >= 11 is 0. The number of fused-ring (bicyclic) bond motifs is 5. The molecule has 1 unspecified atom stereocenters. The van der Waals surface area contributed by atoms with Crippen molar-refractivity contribution in [1.82, 2.24) is 0 Å². The van der Waals surface area contributed by atoms with E-state index in [9.17, 15) is 9.90 Å². The first-order chi connectivity index (χ1) is 11.0. The van der Waals surface area contributed by atoms with Crippen molar-refractivity contribution in [3.05, 3.63) is 29.3 Å². The molecule has 3 aliphatic rings. The minimum atomic E-state index is -0.257. The van der Waals surface area contributed by atoms with Crippen LogP contribution in [0.2, 0.25) is 0 Å². The highest BCUT2D eigenvalue weighted by Gasteiger charge is 2.54. The van der Waals surface area contributed by atoms with E-state index in [0.29, 0.717) is 23.5 Å². The highest BCUT2D eigenvalue weighted by atomic mass is 16.5. The predicted octanol–water partition coefficient (Wildman–Crippen LogP) is 3.83. The second-order valence-electron chi connectivity index (χ2n) is 8.01. The van der Waals surface area contributed by atoms with Gasteiger partial charge in [0.05, 0.1) is 6.10 Å². The lowest BCUT2D eigenvalue weighted by atomic mass is 9.55. The Labute approximate surface area is 138 Å². The monoisotopic (exact) mass is 314 g/mol. The molecule has 2 saturated carbocycles. The molecule has 0 amide bonds. The van der Waals surface area contributed by atoms with Crippen LogP contribution in [0.5, 0.6) is 5.75 Å². The highest BCUT2D eigenvalue weighted by Crippen LogP contribution is 2.60. The van der Waals surface area contributed by atoms with E-state index < -0.39 is 0 Å². The van der Waals surface area contributed by atoms with Gasteiger partial charge in [-0.3, -0.25) is 4.79 Å². The zero-order valence-electron chi connectivity index (χ0n) is 14.0. The second-order valence-corrected chi connectivity index (χ2v) is 8.01. The predicted molar refractivity (Wildman–Crippen MR) is 88.4 cm³/mol. The molecule has 1 aromatic rings. The van der Waals surface area contributed by atoms with Crippen LogP contribution in [0.4, 0.5) is 0 Å². The minimum Gasteiger partial charge on any atom is -0.427 e. The quantitative estimate of drug-likeness (QED) is 0.633. The maximum atomic E-state index is 11.2. The molecule has 0 heterocycles. The van der Waals surface area contributed by atoms with E-state index in [1.54, 1.807) is 0 Å². The molecular weight excluding hydrogens is 288 g/mol. The van der Waals surface area contributed by atoms with Crippen LogP contribution < -0.4 is 4.74 Å². The largest absolute Gasteiger partial charge is 0.427 e. The molecule has 0 bridgehead atoms. The van der Waals surface area contributed by atoms with E-state index in [1.807, 2.05) is 6.07 Å². The van der Waals surface area contributed by atoms with Crippen molar-refractivity contribution in [2.45, 2.75) is 64.4 Å². The summed E-state index contributed by atoms with van der Waals surface area (Å²) in [6.45, 7) is 3.76. The summed E-state index contributed by atoms with van der Waals surface area (Å²) in [6.07, 6.45) is 6.62. The Morgan fingerprint density at radius 3 is 2.87 bits per heavy atom.